The summed E-state index contributed by atoms with van der Waals surface area (Å²) < 4.78 is 0. The van der Waals surface area contributed by atoms with Crippen molar-refractivity contribution in [3.8, 4) is 0 Å². The second kappa shape index (κ2) is 7.98. The molecule has 1 atom stereocenters. The number of carbonyl (C=O) groups excluding carboxylic acids is 1. The number of hydrogen-bond acceptors (Lipinski definition) is 2. The molecule has 0 aliphatic heterocycles. The minimum absolute atomic E-state index is 0.124. The first-order chi connectivity index (χ1) is 10.6. The molecule has 2 rings (SSSR count). The van der Waals surface area contributed by atoms with Crippen LogP contribution in [0.25, 0.3) is 0 Å². The van der Waals surface area contributed by atoms with Gasteiger partial charge in [0, 0.05) is 18.2 Å². The smallest absolute Gasteiger partial charge is 0.230 e. The number of rotatable bonds is 6. The van der Waals surface area contributed by atoms with Crippen molar-refractivity contribution in [3.63, 3.8) is 0 Å². The maximum absolute atomic E-state index is 12.9. The van der Waals surface area contributed by atoms with E-state index in [0.717, 1.165) is 31.2 Å². The third-order valence-electron chi connectivity index (χ3n) is 4.77. The number of carbonyl (C=O) groups is 1. The molecule has 0 heterocycles. The van der Waals surface area contributed by atoms with Crippen LogP contribution in [0.3, 0.4) is 0 Å². The van der Waals surface area contributed by atoms with Gasteiger partial charge in [-0.3, -0.25) is 4.79 Å². The molecule has 1 unspecified atom stereocenters. The Morgan fingerprint density at radius 1 is 1.27 bits per heavy atom. The lowest BCUT2D eigenvalue weighted by Gasteiger charge is -2.36. The lowest BCUT2D eigenvalue weighted by atomic mass is 9.68. The average Bonchev–Trinajstić information content (AvgIpc) is 2.54. The molecule has 1 amide bonds. The maximum Gasteiger partial charge on any atom is 0.230 e. The Bertz CT molecular complexity index is 480. The highest BCUT2D eigenvalue weighted by atomic mass is 35.5. The van der Waals surface area contributed by atoms with Crippen molar-refractivity contribution in [1.82, 2.24) is 5.32 Å². The van der Waals surface area contributed by atoms with Crippen LogP contribution in [0.4, 0.5) is 0 Å². The van der Waals surface area contributed by atoms with Crippen molar-refractivity contribution in [1.29, 1.82) is 0 Å². The third-order valence-corrected chi connectivity index (χ3v) is 5.02. The Hall–Kier alpha value is -1.06. The Morgan fingerprint density at radius 3 is 2.50 bits per heavy atom. The fourth-order valence-corrected chi connectivity index (χ4v) is 3.46. The summed E-state index contributed by atoms with van der Waals surface area (Å²) in [6.07, 6.45) is 5.88. The van der Waals surface area contributed by atoms with Gasteiger partial charge in [-0.05, 0) is 42.9 Å². The molecular formula is C18H26ClNO2. The van der Waals surface area contributed by atoms with Crippen molar-refractivity contribution in [2.45, 2.75) is 50.9 Å². The Balaban J connectivity index is 2.14. The lowest BCUT2D eigenvalue weighted by Crippen LogP contribution is -2.47. The van der Waals surface area contributed by atoms with Crippen molar-refractivity contribution in [2.24, 2.45) is 5.92 Å². The molecule has 1 aromatic carbocycles. The van der Waals surface area contributed by atoms with Gasteiger partial charge in [-0.25, -0.2) is 0 Å². The third kappa shape index (κ3) is 4.02. The quantitative estimate of drug-likeness (QED) is 0.839. The predicted molar refractivity (Wildman–Crippen MR) is 90.1 cm³/mol. The largest absolute Gasteiger partial charge is 0.396 e. The summed E-state index contributed by atoms with van der Waals surface area (Å²) in [6.45, 7) is 2.83. The van der Waals surface area contributed by atoms with Crippen LogP contribution in [0, 0.1) is 5.92 Å². The number of aliphatic hydroxyl groups is 1. The van der Waals surface area contributed by atoms with Gasteiger partial charge in [0.05, 0.1) is 5.41 Å². The van der Waals surface area contributed by atoms with E-state index in [1.54, 1.807) is 0 Å². The monoisotopic (exact) mass is 323 g/mol. The fraction of sp³-hybridized carbons (Fsp3) is 0.611. The van der Waals surface area contributed by atoms with E-state index in [2.05, 4.69) is 5.32 Å². The minimum atomic E-state index is -0.415. The van der Waals surface area contributed by atoms with Gasteiger partial charge in [-0.1, -0.05) is 49.9 Å². The molecule has 122 valence electrons. The minimum Gasteiger partial charge on any atom is -0.396 e. The number of benzene rings is 1. The zero-order chi connectivity index (χ0) is 16.0. The molecule has 0 bridgehead atoms. The Kier molecular flexibility index (Phi) is 6.27. The number of amides is 1. The van der Waals surface area contributed by atoms with Gasteiger partial charge >= 0.3 is 0 Å². The molecule has 22 heavy (non-hydrogen) atoms. The number of halogens is 1. The highest BCUT2D eigenvalue weighted by molar-refractivity contribution is 6.30. The van der Waals surface area contributed by atoms with Gasteiger partial charge in [0.1, 0.15) is 0 Å². The van der Waals surface area contributed by atoms with Gasteiger partial charge in [-0.2, -0.15) is 0 Å². The average molecular weight is 324 g/mol. The highest BCUT2D eigenvalue weighted by Gasteiger charge is 2.40. The van der Waals surface area contributed by atoms with Crippen molar-refractivity contribution < 1.29 is 9.90 Å². The lowest BCUT2D eigenvalue weighted by molar-refractivity contribution is -0.128. The van der Waals surface area contributed by atoms with E-state index >= 15 is 0 Å². The summed E-state index contributed by atoms with van der Waals surface area (Å²) in [4.78, 5) is 12.9. The zero-order valence-corrected chi connectivity index (χ0v) is 14.0. The van der Waals surface area contributed by atoms with Gasteiger partial charge < -0.3 is 10.4 Å². The summed E-state index contributed by atoms with van der Waals surface area (Å²) >= 11 is 5.99. The van der Waals surface area contributed by atoms with Crippen LogP contribution < -0.4 is 5.32 Å². The molecule has 1 saturated carbocycles. The van der Waals surface area contributed by atoms with E-state index < -0.39 is 5.41 Å². The SMILES string of the molecule is CC(CCO)CNC(=O)C1(c2ccc(Cl)cc2)CCCCC1. The molecule has 1 aromatic rings. The van der Waals surface area contributed by atoms with Gasteiger partial charge in [0.15, 0.2) is 0 Å². The summed E-state index contributed by atoms with van der Waals surface area (Å²) in [5, 5.41) is 12.8. The molecule has 1 aliphatic rings. The number of nitrogens with one attached hydrogen (secondary N) is 1. The summed E-state index contributed by atoms with van der Waals surface area (Å²) in [5.74, 6) is 0.416. The van der Waals surface area contributed by atoms with Crippen LogP contribution in [0.5, 0.6) is 0 Å². The summed E-state index contributed by atoms with van der Waals surface area (Å²) in [7, 11) is 0. The molecule has 0 spiro atoms. The standard InChI is InChI=1S/C18H26ClNO2/c1-14(9-12-21)13-20-17(22)18(10-3-2-4-11-18)15-5-7-16(19)8-6-15/h5-8,14,21H,2-4,9-13H2,1H3,(H,20,22). The van der Waals surface area contributed by atoms with Crippen LogP contribution in [0.15, 0.2) is 24.3 Å². The van der Waals surface area contributed by atoms with Crippen LogP contribution in [0.2, 0.25) is 5.02 Å². The van der Waals surface area contributed by atoms with Crippen molar-refractivity contribution >= 4 is 17.5 Å². The predicted octanol–water partition coefficient (Wildman–Crippen LogP) is 3.68. The van der Waals surface area contributed by atoms with E-state index in [9.17, 15) is 4.79 Å². The molecule has 3 nitrogen and oxygen atoms in total. The first-order valence-corrected chi connectivity index (χ1v) is 8.61. The van der Waals surface area contributed by atoms with Crippen molar-refractivity contribution in [3.05, 3.63) is 34.9 Å². The Labute approximate surface area is 138 Å². The van der Waals surface area contributed by atoms with Gasteiger partial charge in [0.25, 0.3) is 0 Å². The number of aliphatic hydroxyl groups excluding tert-OH is 1. The molecule has 0 radical (unpaired) electrons. The van der Waals surface area contributed by atoms with Gasteiger partial charge in [-0.15, -0.1) is 0 Å². The van der Waals surface area contributed by atoms with E-state index in [0.29, 0.717) is 23.9 Å². The van der Waals surface area contributed by atoms with E-state index in [1.807, 2.05) is 31.2 Å². The highest BCUT2D eigenvalue weighted by Crippen LogP contribution is 2.40. The van der Waals surface area contributed by atoms with Crippen LogP contribution >= 0.6 is 11.6 Å². The van der Waals surface area contributed by atoms with E-state index in [4.69, 9.17) is 16.7 Å². The van der Waals surface area contributed by atoms with Crippen molar-refractivity contribution in [2.75, 3.05) is 13.2 Å². The molecule has 1 aliphatic carbocycles. The second-order valence-corrected chi connectivity index (χ2v) is 6.91. The van der Waals surface area contributed by atoms with E-state index in [1.165, 1.54) is 6.42 Å². The van der Waals surface area contributed by atoms with Crippen LogP contribution in [-0.4, -0.2) is 24.2 Å². The Morgan fingerprint density at radius 2 is 1.91 bits per heavy atom. The van der Waals surface area contributed by atoms with E-state index in [-0.39, 0.29) is 12.5 Å². The maximum atomic E-state index is 12.9. The summed E-state index contributed by atoms with van der Waals surface area (Å²) in [5.41, 5.74) is 0.658. The topological polar surface area (TPSA) is 49.3 Å². The molecule has 4 heteroatoms. The first-order valence-electron chi connectivity index (χ1n) is 8.24. The first kappa shape index (κ1) is 17.3. The fourth-order valence-electron chi connectivity index (χ4n) is 3.33. The summed E-state index contributed by atoms with van der Waals surface area (Å²) in [6, 6.07) is 7.72. The second-order valence-electron chi connectivity index (χ2n) is 6.48. The van der Waals surface area contributed by atoms with Gasteiger partial charge in [0.2, 0.25) is 5.91 Å². The number of hydrogen-bond donors (Lipinski definition) is 2. The molecule has 0 saturated heterocycles. The molecule has 2 N–H and O–H groups in total. The molecule has 0 aromatic heterocycles. The zero-order valence-electron chi connectivity index (χ0n) is 13.3. The van der Waals surface area contributed by atoms with Crippen LogP contribution in [0.1, 0.15) is 51.0 Å². The normalized spacial score (nSPS) is 18.7. The molecule has 1 fully saturated rings. The molecular weight excluding hydrogens is 298 g/mol. The van der Waals surface area contributed by atoms with Crippen LogP contribution in [-0.2, 0) is 10.2 Å².